The Morgan fingerprint density at radius 3 is 2.63 bits per heavy atom. The molecule has 2 N–H and O–H groups in total. The number of nitrogens with one attached hydrogen (secondary N) is 1. The Kier molecular flexibility index (Phi) is 5.78. The maximum Gasteiger partial charge on any atom is 0.302 e. The number of para-hydroxylation sites is 2. The van der Waals surface area contributed by atoms with Crippen molar-refractivity contribution in [3.05, 3.63) is 89.3 Å². The highest BCUT2D eigenvalue weighted by atomic mass is 16.5. The number of imidazole rings is 1. The van der Waals surface area contributed by atoms with Gasteiger partial charge in [-0.3, -0.25) is 19.5 Å². The fourth-order valence-electron chi connectivity index (χ4n) is 4.25. The van der Waals surface area contributed by atoms with E-state index in [2.05, 4.69) is 15.0 Å². The number of aromatic nitrogens is 3. The van der Waals surface area contributed by atoms with Crippen LogP contribution in [0.4, 0.5) is 5.95 Å². The maximum absolute atomic E-state index is 13.3. The lowest BCUT2D eigenvalue weighted by Crippen LogP contribution is -2.30. The molecule has 1 fully saturated rings. The van der Waals surface area contributed by atoms with E-state index in [1.165, 1.54) is 4.90 Å². The molecule has 1 aliphatic heterocycles. The van der Waals surface area contributed by atoms with Gasteiger partial charge in [0.25, 0.3) is 5.78 Å². The van der Waals surface area contributed by atoms with Crippen LogP contribution >= 0.6 is 0 Å². The third-order valence-corrected chi connectivity index (χ3v) is 5.93. The molecule has 3 heterocycles. The molecule has 1 aliphatic rings. The summed E-state index contributed by atoms with van der Waals surface area (Å²) in [7, 11) is 0. The normalized spacial score (nSPS) is 17.3. The van der Waals surface area contributed by atoms with Gasteiger partial charge in [0.05, 0.1) is 28.9 Å². The Morgan fingerprint density at radius 1 is 1.11 bits per heavy atom. The zero-order valence-corrected chi connectivity index (χ0v) is 19.4. The van der Waals surface area contributed by atoms with Crippen molar-refractivity contribution < 1.29 is 19.4 Å². The van der Waals surface area contributed by atoms with E-state index in [-0.39, 0.29) is 17.3 Å². The summed E-state index contributed by atoms with van der Waals surface area (Å²) in [5.41, 5.74) is 2.99. The molecule has 1 amide bonds. The van der Waals surface area contributed by atoms with Crippen LogP contribution in [0, 0.1) is 6.92 Å². The number of benzene rings is 2. The first-order valence-corrected chi connectivity index (χ1v) is 11.4. The quantitative estimate of drug-likeness (QED) is 0.242. The monoisotopic (exact) mass is 468 g/mol. The lowest BCUT2D eigenvalue weighted by Gasteiger charge is -2.22. The van der Waals surface area contributed by atoms with Gasteiger partial charge in [-0.2, -0.15) is 0 Å². The number of aliphatic hydroxyl groups excluding tert-OH is 1. The summed E-state index contributed by atoms with van der Waals surface area (Å²) in [6.07, 6.45) is 2.45. The van der Waals surface area contributed by atoms with Gasteiger partial charge in [0.1, 0.15) is 17.6 Å². The number of Topliss-reactive ketones (excluding diaryl/α,β-unsaturated/α-hetero) is 1. The van der Waals surface area contributed by atoms with Crippen LogP contribution < -0.4 is 9.64 Å². The first-order valence-electron chi connectivity index (χ1n) is 11.4. The van der Waals surface area contributed by atoms with E-state index >= 15 is 0 Å². The molecule has 2 aromatic heterocycles. The Hall–Kier alpha value is -4.46. The zero-order valence-electron chi connectivity index (χ0n) is 19.4. The number of rotatable bonds is 6. The Morgan fingerprint density at radius 2 is 1.91 bits per heavy atom. The number of ether oxygens (including phenoxy) is 1. The number of nitrogens with zero attached hydrogens (tertiary/aromatic N) is 3. The number of anilines is 1. The summed E-state index contributed by atoms with van der Waals surface area (Å²) in [5, 5.41) is 11.3. The molecule has 4 aromatic rings. The van der Waals surface area contributed by atoms with E-state index in [0.29, 0.717) is 29.1 Å². The van der Waals surface area contributed by atoms with Gasteiger partial charge in [-0.1, -0.05) is 25.1 Å². The van der Waals surface area contributed by atoms with Crippen LogP contribution in [0.3, 0.4) is 0 Å². The van der Waals surface area contributed by atoms with Gasteiger partial charge in [0.2, 0.25) is 5.95 Å². The minimum absolute atomic E-state index is 0.0456. The van der Waals surface area contributed by atoms with Gasteiger partial charge in [-0.25, -0.2) is 4.98 Å². The number of amides is 1. The second-order valence-corrected chi connectivity index (χ2v) is 8.33. The second-order valence-electron chi connectivity index (χ2n) is 8.33. The lowest BCUT2D eigenvalue weighted by molar-refractivity contribution is -0.132. The maximum atomic E-state index is 13.3. The average molecular weight is 469 g/mol. The Bertz CT molecular complexity index is 1430. The summed E-state index contributed by atoms with van der Waals surface area (Å²) < 4.78 is 5.73. The van der Waals surface area contributed by atoms with Crippen molar-refractivity contribution in [3.8, 4) is 5.75 Å². The number of fused-ring (bicyclic) bond motifs is 1. The molecule has 0 bridgehead atoms. The Labute approximate surface area is 201 Å². The van der Waals surface area contributed by atoms with Gasteiger partial charge in [0, 0.05) is 11.8 Å². The highest BCUT2D eigenvalue weighted by molar-refractivity contribution is 6.51. The number of aliphatic hydroxyl groups is 1. The van der Waals surface area contributed by atoms with Crippen molar-refractivity contribution in [3.63, 3.8) is 0 Å². The number of pyridine rings is 1. The van der Waals surface area contributed by atoms with Crippen molar-refractivity contribution >= 4 is 34.4 Å². The molecule has 1 unspecified atom stereocenters. The Balaban J connectivity index is 1.65. The van der Waals surface area contributed by atoms with Crippen LogP contribution in [0.2, 0.25) is 0 Å². The molecule has 0 spiro atoms. The molecule has 1 saturated heterocycles. The number of H-pyrrole nitrogens is 1. The van der Waals surface area contributed by atoms with Gasteiger partial charge in [0.15, 0.2) is 0 Å². The fraction of sp³-hybridized carbons (Fsp3) is 0.185. The van der Waals surface area contributed by atoms with Crippen LogP contribution in [-0.4, -0.2) is 38.4 Å². The molecule has 2 aromatic carbocycles. The molecular formula is C27H24N4O4. The van der Waals surface area contributed by atoms with E-state index in [9.17, 15) is 14.7 Å². The standard InChI is InChI=1S/C27H24N4O4/c1-3-14-35-21-12-11-17(15-16(21)2)24(32)22-23(20-10-6-7-13-28-20)31(26(34)25(22)33)27-29-18-8-4-5-9-19(18)30-27/h4-13,15,23,32H,3,14H2,1-2H3,(H,29,30)/b24-22+. The van der Waals surface area contributed by atoms with E-state index in [1.54, 1.807) is 42.6 Å². The smallest absolute Gasteiger partial charge is 0.302 e. The summed E-state index contributed by atoms with van der Waals surface area (Å²) in [6, 6.07) is 16.8. The van der Waals surface area contributed by atoms with E-state index < -0.39 is 17.7 Å². The second kappa shape index (κ2) is 9.06. The van der Waals surface area contributed by atoms with Gasteiger partial charge in [-0.05, 0) is 61.4 Å². The van der Waals surface area contributed by atoms with Crippen LogP contribution in [-0.2, 0) is 9.59 Å². The zero-order chi connectivity index (χ0) is 24.5. The van der Waals surface area contributed by atoms with E-state index in [4.69, 9.17) is 4.74 Å². The lowest BCUT2D eigenvalue weighted by atomic mass is 9.97. The van der Waals surface area contributed by atoms with Crippen molar-refractivity contribution in [2.75, 3.05) is 11.5 Å². The molecule has 8 nitrogen and oxygen atoms in total. The van der Waals surface area contributed by atoms with Gasteiger partial charge in [-0.15, -0.1) is 0 Å². The number of ketones is 1. The van der Waals surface area contributed by atoms with Crippen LogP contribution in [0.25, 0.3) is 16.8 Å². The summed E-state index contributed by atoms with van der Waals surface area (Å²) in [4.78, 5) is 39.9. The van der Waals surface area contributed by atoms with E-state index in [1.807, 2.05) is 38.1 Å². The van der Waals surface area contributed by atoms with Crippen molar-refractivity contribution in [2.45, 2.75) is 26.3 Å². The number of carbonyl (C=O) groups excluding carboxylic acids is 2. The van der Waals surface area contributed by atoms with Gasteiger partial charge < -0.3 is 14.8 Å². The predicted molar refractivity (Wildman–Crippen MR) is 132 cm³/mol. The van der Waals surface area contributed by atoms with Crippen molar-refractivity contribution in [2.24, 2.45) is 0 Å². The molecule has 35 heavy (non-hydrogen) atoms. The summed E-state index contributed by atoms with van der Waals surface area (Å²) in [5.74, 6) is -0.957. The summed E-state index contributed by atoms with van der Waals surface area (Å²) >= 11 is 0. The first-order chi connectivity index (χ1) is 17.0. The van der Waals surface area contributed by atoms with Crippen molar-refractivity contribution in [1.29, 1.82) is 0 Å². The van der Waals surface area contributed by atoms with E-state index in [0.717, 1.165) is 17.5 Å². The van der Waals surface area contributed by atoms with Crippen LogP contribution in [0.15, 0.2) is 72.4 Å². The number of aromatic amines is 1. The predicted octanol–water partition coefficient (Wildman–Crippen LogP) is 4.68. The largest absolute Gasteiger partial charge is 0.507 e. The first kappa shape index (κ1) is 22.3. The molecule has 176 valence electrons. The molecule has 5 rings (SSSR count). The molecular weight excluding hydrogens is 444 g/mol. The highest BCUT2D eigenvalue weighted by Gasteiger charge is 2.48. The molecule has 8 heteroatoms. The SMILES string of the molecule is CCCOc1ccc(/C(O)=C2\C(=O)C(=O)N(c3nc4ccccc4[nH]3)C2c2ccccn2)cc1C. The van der Waals surface area contributed by atoms with Crippen molar-refractivity contribution in [1.82, 2.24) is 15.0 Å². The number of hydrogen-bond acceptors (Lipinski definition) is 6. The van der Waals surface area contributed by atoms with Crippen LogP contribution in [0.5, 0.6) is 5.75 Å². The molecule has 0 saturated carbocycles. The molecule has 1 atom stereocenters. The highest BCUT2D eigenvalue weighted by Crippen LogP contribution is 2.41. The average Bonchev–Trinajstić information content (AvgIpc) is 3.41. The number of carbonyl (C=O) groups is 2. The molecule has 0 aliphatic carbocycles. The number of hydrogen-bond donors (Lipinski definition) is 2. The third kappa shape index (κ3) is 3.93. The van der Waals surface area contributed by atoms with Gasteiger partial charge >= 0.3 is 5.91 Å². The summed E-state index contributed by atoms with van der Waals surface area (Å²) in [6.45, 7) is 4.47. The fourth-order valence-corrected chi connectivity index (χ4v) is 4.25. The minimum Gasteiger partial charge on any atom is -0.507 e. The topological polar surface area (TPSA) is 108 Å². The molecule has 0 radical (unpaired) electrons. The minimum atomic E-state index is -0.951. The number of aryl methyl sites for hydroxylation is 1. The third-order valence-electron chi connectivity index (χ3n) is 5.93. The van der Waals surface area contributed by atoms with Crippen LogP contribution in [0.1, 0.15) is 36.2 Å².